The molecule has 0 spiro atoms. The minimum absolute atomic E-state index is 0.409. The Morgan fingerprint density at radius 1 is 1.45 bits per heavy atom. The first-order valence-corrected chi connectivity index (χ1v) is 5.10. The molecular weight excluding hydrogens is 163 g/mol. The highest BCUT2D eigenvalue weighted by molar-refractivity contribution is 7.39. The van der Waals surface area contributed by atoms with Gasteiger partial charge in [-0.1, -0.05) is 19.8 Å². The van der Waals surface area contributed by atoms with Crippen LogP contribution in [-0.2, 0) is 4.57 Å². The summed E-state index contributed by atoms with van der Waals surface area (Å²) in [4.78, 5) is 8.64. The summed E-state index contributed by atoms with van der Waals surface area (Å²) in [6.07, 6.45) is 3.27. The highest BCUT2D eigenvalue weighted by Crippen LogP contribution is 2.36. The molecule has 0 radical (unpaired) electrons. The number of rotatable bonds is 5. The van der Waals surface area contributed by atoms with E-state index in [-0.39, 0.29) is 0 Å². The maximum absolute atomic E-state index is 10.5. The van der Waals surface area contributed by atoms with Crippen LogP contribution in [0.2, 0.25) is 0 Å². The average Bonchev–Trinajstić information content (AvgIpc) is 1.88. The van der Waals surface area contributed by atoms with Crippen molar-refractivity contribution in [3.8, 4) is 0 Å². The molecule has 0 aliphatic carbocycles. The second-order valence-electron chi connectivity index (χ2n) is 2.95. The van der Waals surface area contributed by atoms with Gasteiger partial charge in [0.1, 0.15) is 0 Å². The van der Waals surface area contributed by atoms with Crippen LogP contribution >= 0.6 is 8.03 Å². The molecule has 0 aliphatic heterocycles. The first kappa shape index (κ1) is 11.0. The Labute approximate surface area is 68.3 Å². The molecule has 2 N–H and O–H groups in total. The van der Waals surface area contributed by atoms with E-state index in [0.29, 0.717) is 6.42 Å². The van der Waals surface area contributed by atoms with Crippen LogP contribution in [0.25, 0.3) is 0 Å². The fraction of sp³-hybridized carbons (Fsp3) is 1.00. The Hall–Kier alpha value is 0.0200. The lowest BCUT2D eigenvalue weighted by atomic mass is 10.1. The van der Waals surface area contributed by atoms with Crippen molar-refractivity contribution in [2.75, 3.05) is 0 Å². The molecule has 0 rings (SSSR count). The molecular formula is C7H16O3P+. The highest BCUT2D eigenvalue weighted by atomic mass is 31.1. The lowest BCUT2D eigenvalue weighted by molar-refractivity contribution is 0.122. The van der Waals surface area contributed by atoms with Gasteiger partial charge in [-0.05, 0) is 11.0 Å². The van der Waals surface area contributed by atoms with Gasteiger partial charge in [-0.2, -0.15) is 4.89 Å². The molecule has 0 bridgehead atoms. The van der Waals surface area contributed by atoms with Crippen LogP contribution in [0.1, 0.15) is 39.5 Å². The van der Waals surface area contributed by atoms with Gasteiger partial charge in [0.2, 0.25) is 0 Å². The van der Waals surface area contributed by atoms with Gasteiger partial charge in [-0.3, -0.25) is 0 Å². The van der Waals surface area contributed by atoms with Gasteiger partial charge in [0, 0.05) is 13.3 Å². The Kier molecular flexibility index (Phi) is 4.82. The summed E-state index contributed by atoms with van der Waals surface area (Å²) >= 11 is 0. The Morgan fingerprint density at radius 3 is 2.36 bits per heavy atom. The monoisotopic (exact) mass is 179 g/mol. The molecule has 0 saturated heterocycles. The molecule has 0 heterocycles. The van der Waals surface area contributed by atoms with E-state index >= 15 is 0 Å². The maximum atomic E-state index is 10.5. The van der Waals surface area contributed by atoms with Crippen LogP contribution in [0.5, 0.6) is 0 Å². The van der Waals surface area contributed by atoms with Crippen molar-refractivity contribution in [3.63, 3.8) is 0 Å². The molecule has 2 atom stereocenters. The van der Waals surface area contributed by atoms with Crippen molar-refractivity contribution in [3.05, 3.63) is 0 Å². The molecule has 0 aromatic rings. The fourth-order valence-corrected chi connectivity index (χ4v) is 1.15. The normalized spacial score (nSPS) is 17.6. The molecule has 0 amide bonds. The van der Waals surface area contributed by atoms with E-state index in [0.717, 1.165) is 19.3 Å². The molecule has 0 aromatic carbocycles. The molecule has 0 aliphatic rings. The smallest absolute Gasteiger partial charge is 0.346 e. The fourth-order valence-electron chi connectivity index (χ4n) is 0.806. The van der Waals surface area contributed by atoms with Crippen LogP contribution in [0, 0.1) is 0 Å². The SMILES string of the molecule is CCCCCC(C)(O)[P+](=O)O. The van der Waals surface area contributed by atoms with E-state index in [1.165, 1.54) is 6.92 Å². The highest BCUT2D eigenvalue weighted by Gasteiger charge is 2.41. The average molecular weight is 179 g/mol. The molecule has 0 saturated carbocycles. The van der Waals surface area contributed by atoms with Gasteiger partial charge in [-0.15, -0.1) is 0 Å². The minimum atomic E-state index is -2.45. The minimum Gasteiger partial charge on any atom is -0.346 e. The first-order valence-electron chi connectivity index (χ1n) is 3.89. The first-order chi connectivity index (χ1) is 5.00. The standard InChI is InChI=1S/C7H15O3P/c1-3-4-5-6-7(2,8)11(9)10/h8H,3-6H2,1-2H3/p+1. The van der Waals surface area contributed by atoms with E-state index in [1.54, 1.807) is 0 Å². The van der Waals surface area contributed by atoms with Gasteiger partial charge < -0.3 is 5.11 Å². The van der Waals surface area contributed by atoms with Gasteiger partial charge in [0.15, 0.2) is 0 Å². The molecule has 0 aromatic heterocycles. The summed E-state index contributed by atoms with van der Waals surface area (Å²) in [6.45, 7) is 3.45. The molecule has 2 unspecified atom stereocenters. The van der Waals surface area contributed by atoms with Crippen LogP contribution in [0.15, 0.2) is 0 Å². The molecule has 0 fully saturated rings. The Morgan fingerprint density at radius 2 is 2.00 bits per heavy atom. The van der Waals surface area contributed by atoms with Crippen LogP contribution in [0.4, 0.5) is 0 Å². The summed E-state index contributed by atoms with van der Waals surface area (Å²) in [7, 11) is -2.45. The lowest BCUT2D eigenvalue weighted by Gasteiger charge is -2.07. The van der Waals surface area contributed by atoms with E-state index in [1.807, 2.05) is 6.92 Å². The van der Waals surface area contributed by atoms with Gasteiger partial charge in [0.25, 0.3) is 5.34 Å². The van der Waals surface area contributed by atoms with Crippen molar-refractivity contribution >= 4 is 8.03 Å². The van der Waals surface area contributed by atoms with E-state index in [4.69, 9.17) is 4.89 Å². The van der Waals surface area contributed by atoms with Gasteiger partial charge in [0.05, 0.1) is 0 Å². The topological polar surface area (TPSA) is 57.5 Å². The summed E-state index contributed by atoms with van der Waals surface area (Å²) in [5.41, 5.74) is 0. The van der Waals surface area contributed by atoms with E-state index in [9.17, 15) is 9.67 Å². The predicted octanol–water partition coefficient (Wildman–Crippen LogP) is 2.01. The largest absolute Gasteiger partial charge is 0.540 e. The molecule has 3 nitrogen and oxygen atoms in total. The molecule has 66 valence electrons. The van der Waals surface area contributed by atoms with E-state index in [2.05, 4.69) is 0 Å². The Bertz CT molecular complexity index is 134. The van der Waals surface area contributed by atoms with Crippen molar-refractivity contribution in [1.82, 2.24) is 0 Å². The van der Waals surface area contributed by atoms with Crippen molar-refractivity contribution in [2.24, 2.45) is 0 Å². The second kappa shape index (κ2) is 4.81. The zero-order valence-electron chi connectivity index (χ0n) is 7.08. The molecule has 4 heteroatoms. The predicted molar refractivity (Wildman–Crippen MR) is 44.6 cm³/mol. The Balaban J connectivity index is 3.64. The van der Waals surface area contributed by atoms with Gasteiger partial charge in [-0.25, -0.2) is 0 Å². The third kappa shape index (κ3) is 4.46. The third-order valence-electron chi connectivity index (χ3n) is 1.67. The van der Waals surface area contributed by atoms with Crippen molar-refractivity contribution < 1.29 is 14.6 Å². The second-order valence-corrected chi connectivity index (χ2v) is 4.46. The number of hydrogen-bond acceptors (Lipinski definition) is 2. The van der Waals surface area contributed by atoms with Gasteiger partial charge >= 0.3 is 8.03 Å². The lowest BCUT2D eigenvalue weighted by Crippen LogP contribution is -2.18. The zero-order valence-corrected chi connectivity index (χ0v) is 7.97. The molecule has 11 heavy (non-hydrogen) atoms. The summed E-state index contributed by atoms with van der Waals surface area (Å²) < 4.78 is 10.5. The maximum Gasteiger partial charge on any atom is 0.540 e. The van der Waals surface area contributed by atoms with Crippen molar-refractivity contribution in [2.45, 2.75) is 44.9 Å². The van der Waals surface area contributed by atoms with Crippen LogP contribution in [-0.4, -0.2) is 15.3 Å². The number of hydrogen-bond donors (Lipinski definition) is 2. The van der Waals surface area contributed by atoms with Crippen molar-refractivity contribution in [1.29, 1.82) is 0 Å². The summed E-state index contributed by atoms with van der Waals surface area (Å²) in [5.74, 6) is 0. The summed E-state index contributed by atoms with van der Waals surface area (Å²) in [5, 5.41) is 7.90. The number of aliphatic hydroxyl groups is 1. The van der Waals surface area contributed by atoms with Crippen LogP contribution in [0.3, 0.4) is 0 Å². The van der Waals surface area contributed by atoms with E-state index < -0.39 is 13.4 Å². The summed E-state index contributed by atoms with van der Waals surface area (Å²) in [6, 6.07) is 0. The third-order valence-corrected chi connectivity index (χ3v) is 2.71. The number of unbranched alkanes of at least 4 members (excludes halogenated alkanes) is 2. The van der Waals surface area contributed by atoms with Crippen LogP contribution < -0.4 is 0 Å². The quantitative estimate of drug-likeness (QED) is 0.501. The zero-order chi connectivity index (χ0) is 8.91.